The van der Waals surface area contributed by atoms with E-state index in [9.17, 15) is 0 Å². The molecule has 0 radical (unpaired) electrons. The summed E-state index contributed by atoms with van der Waals surface area (Å²) in [6.07, 6.45) is 2.32. The monoisotopic (exact) mass is 301 g/mol. The predicted octanol–water partition coefficient (Wildman–Crippen LogP) is 3.86. The molecule has 1 saturated carbocycles. The highest BCUT2D eigenvalue weighted by Crippen LogP contribution is 2.39. The van der Waals surface area contributed by atoms with Crippen LogP contribution in [0.1, 0.15) is 41.8 Å². The molecule has 2 aromatic rings. The van der Waals surface area contributed by atoms with Crippen molar-refractivity contribution in [3.05, 3.63) is 46.4 Å². The third-order valence-corrected chi connectivity index (χ3v) is 4.12. The minimum absolute atomic E-state index is 0.109. The first-order valence-corrected chi connectivity index (χ1v) is 7.61. The Morgan fingerprint density at radius 3 is 2.90 bits per heavy atom. The molecule has 4 rings (SSSR count). The van der Waals surface area contributed by atoms with Crippen molar-refractivity contribution in [1.29, 1.82) is 0 Å². The van der Waals surface area contributed by atoms with Crippen LogP contribution < -0.4 is 10.1 Å². The number of nitrogens with zero attached hydrogens (tertiary/aromatic N) is 2. The fourth-order valence-corrected chi connectivity index (χ4v) is 2.86. The molecule has 0 amide bonds. The number of halogens is 1. The summed E-state index contributed by atoms with van der Waals surface area (Å²) in [7, 11) is 0. The van der Waals surface area contributed by atoms with Gasteiger partial charge in [-0.05, 0) is 25.8 Å². The summed E-state index contributed by atoms with van der Waals surface area (Å²) in [4.78, 5) is 8.90. The summed E-state index contributed by atoms with van der Waals surface area (Å²) in [5, 5.41) is 3.93. The van der Waals surface area contributed by atoms with Crippen LogP contribution >= 0.6 is 11.6 Å². The zero-order valence-electron chi connectivity index (χ0n) is 11.8. The zero-order chi connectivity index (χ0) is 14.4. The molecule has 108 valence electrons. The molecule has 1 atom stereocenters. The first kappa shape index (κ1) is 12.9. The molecule has 0 saturated heterocycles. The van der Waals surface area contributed by atoms with E-state index in [1.807, 2.05) is 6.07 Å². The quantitative estimate of drug-likeness (QED) is 0.875. The summed E-state index contributed by atoms with van der Waals surface area (Å²) in [5.41, 5.74) is 2.41. The van der Waals surface area contributed by atoms with E-state index in [-0.39, 0.29) is 6.04 Å². The van der Waals surface area contributed by atoms with Crippen molar-refractivity contribution in [3.8, 4) is 5.75 Å². The molecule has 2 heterocycles. The van der Waals surface area contributed by atoms with Gasteiger partial charge in [0.15, 0.2) is 0 Å². The molecule has 1 unspecified atom stereocenters. The molecular formula is C16H16ClN3O. The van der Waals surface area contributed by atoms with Crippen LogP contribution in [-0.2, 0) is 0 Å². The molecule has 1 fully saturated rings. The van der Waals surface area contributed by atoms with Gasteiger partial charge < -0.3 is 10.1 Å². The second kappa shape index (κ2) is 4.88. The fourth-order valence-electron chi connectivity index (χ4n) is 2.67. The Labute approximate surface area is 128 Å². The molecule has 2 aliphatic rings. The molecule has 1 N–H and O–H groups in total. The van der Waals surface area contributed by atoms with Gasteiger partial charge in [-0.15, -0.1) is 0 Å². The third-order valence-electron chi connectivity index (χ3n) is 3.92. The minimum atomic E-state index is 0.109. The zero-order valence-corrected chi connectivity index (χ0v) is 12.5. The first-order valence-electron chi connectivity index (χ1n) is 7.23. The van der Waals surface area contributed by atoms with Crippen molar-refractivity contribution in [2.24, 2.45) is 0 Å². The smallest absolute Gasteiger partial charge is 0.135 e. The Balaban J connectivity index is 1.61. The summed E-state index contributed by atoms with van der Waals surface area (Å²) in [5.74, 6) is 3.06. The van der Waals surface area contributed by atoms with Crippen LogP contribution in [0.25, 0.3) is 0 Å². The maximum absolute atomic E-state index is 6.11. The number of ether oxygens (including phenoxy) is 1. The van der Waals surface area contributed by atoms with Gasteiger partial charge in [-0.25, -0.2) is 9.97 Å². The van der Waals surface area contributed by atoms with Crippen LogP contribution in [0.4, 0.5) is 5.82 Å². The molecule has 0 bridgehead atoms. The van der Waals surface area contributed by atoms with Crippen LogP contribution in [0.15, 0.2) is 24.3 Å². The Morgan fingerprint density at radius 2 is 2.10 bits per heavy atom. The van der Waals surface area contributed by atoms with Gasteiger partial charge in [0.1, 0.15) is 29.2 Å². The maximum Gasteiger partial charge on any atom is 0.135 e. The molecule has 1 aromatic carbocycles. The summed E-state index contributed by atoms with van der Waals surface area (Å²) < 4.78 is 5.72. The van der Waals surface area contributed by atoms with Crippen molar-refractivity contribution >= 4 is 17.4 Å². The van der Waals surface area contributed by atoms with Crippen molar-refractivity contribution < 1.29 is 4.74 Å². The van der Waals surface area contributed by atoms with Crippen molar-refractivity contribution in [2.75, 3.05) is 11.9 Å². The Bertz CT molecular complexity index is 700. The van der Waals surface area contributed by atoms with Crippen LogP contribution in [-0.4, -0.2) is 16.6 Å². The number of hydrogen-bond acceptors (Lipinski definition) is 4. The number of benzene rings is 1. The lowest BCUT2D eigenvalue weighted by atomic mass is 10.1. The SMILES string of the molecule is Cc1ccc2c(c1)C(Nc1cc(Cl)nc(C3CC3)n1)CO2. The Morgan fingerprint density at radius 1 is 1.24 bits per heavy atom. The van der Waals surface area contributed by atoms with Crippen LogP contribution in [0.5, 0.6) is 5.75 Å². The largest absolute Gasteiger partial charge is 0.491 e. The van der Waals surface area contributed by atoms with Crippen molar-refractivity contribution in [2.45, 2.75) is 31.7 Å². The molecule has 0 spiro atoms. The summed E-state index contributed by atoms with van der Waals surface area (Å²) in [6.45, 7) is 2.70. The highest BCUT2D eigenvalue weighted by atomic mass is 35.5. The number of hydrogen-bond donors (Lipinski definition) is 1. The van der Waals surface area contributed by atoms with E-state index < -0.39 is 0 Å². The molecule has 5 heteroatoms. The first-order chi connectivity index (χ1) is 10.2. The fraction of sp³-hybridized carbons (Fsp3) is 0.375. The molecule has 21 heavy (non-hydrogen) atoms. The highest BCUT2D eigenvalue weighted by molar-refractivity contribution is 6.29. The minimum Gasteiger partial charge on any atom is -0.491 e. The number of aromatic nitrogens is 2. The van der Waals surface area contributed by atoms with Crippen LogP contribution in [0.3, 0.4) is 0 Å². The van der Waals surface area contributed by atoms with Gasteiger partial charge in [0.05, 0.1) is 6.04 Å². The lowest BCUT2D eigenvalue weighted by Gasteiger charge is -2.13. The highest BCUT2D eigenvalue weighted by Gasteiger charge is 2.28. The molecule has 1 aliphatic heterocycles. The van der Waals surface area contributed by atoms with Crippen molar-refractivity contribution in [3.63, 3.8) is 0 Å². The average molecular weight is 302 g/mol. The lowest BCUT2D eigenvalue weighted by Crippen LogP contribution is -2.14. The number of rotatable bonds is 3. The number of aryl methyl sites for hydroxylation is 1. The van der Waals surface area contributed by atoms with Gasteiger partial charge in [0.2, 0.25) is 0 Å². The topological polar surface area (TPSA) is 47.0 Å². The molecule has 1 aliphatic carbocycles. The van der Waals surface area contributed by atoms with E-state index in [4.69, 9.17) is 16.3 Å². The average Bonchev–Trinajstić information content (AvgIpc) is 3.23. The second-order valence-electron chi connectivity index (χ2n) is 5.76. The van der Waals surface area contributed by atoms with E-state index in [0.717, 1.165) is 30.2 Å². The third kappa shape index (κ3) is 2.56. The van der Waals surface area contributed by atoms with Crippen LogP contribution in [0.2, 0.25) is 5.15 Å². The van der Waals surface area contributed by atoms with E-state index in [1.54, 1.807) is 6.07 Å². The van der Waals surface area contributed by atoms with Gasteiger partial charge in [0, 0.05) is 17.5 Å². The van der Waals surface area contributed by atoms with Gasteiger partial charge in [-0.1, -0.05) is 29.3 Å². The van der Waals surface area contributed by atoms with Gasteiger partial charge in [0.25, 0.3) is 0 Å². The Kier molecular flexibility index (Phi) is 3.00. The van der Waals surface area contributed by atoms with E-state index >= 15 is 0 Å². The van der Waals surface area contributed by atoms with Crippen molar-refractivity contribution in [1.82, 2.24) is 9.97 Å². The van der Waals surface area contributed by atoms with Gasteiger partial charge >= 0.3 is 0 Å². The van der Waals surface area contributed by atoms with Gasteiger partial charge in [-0.3, -0.25) is 0 Å². The maximum atomic E-state index is 6.11. The standard InChI is InChI=1S/C16H16ClN3O/c1-9-2-5-13-11(6-9)12(8-21-13)18-15-7-14(17)19-16(20-15)10-3-4-10/h2,5-7,10,12H,3-4,8H2,1H3,(H,18,19,20). The molecule has 1 aromatic heterocycles. The van der Waals surface area contributed by atoms with E-state index in [0.29, 0.717) is 17.7 Å². The number of fused-ring (bicyclic) bond motifs is 1. The molecule has 4 nitrogen and oxygen atoms in total. The second-order valence-corrected chi connectivity index (χ2v) is 6.14. The predicted molar refractivity (Wildman–Crippen MR) is 82.1 cm³/mol. The van der Waals surface area contributed by atoms with Crippen LogP contribution in [0, 0.1) is 6.92 Å². The van der Waals surface area contributed by atoms with E-state index in [2.05, 4.69) is 34.3 Å². The summed E-state index contributed by atoms with van der Waals surface area (Å²) >= 11 is 6.11. The molecular weight excluding hydrogens is 286 g/mol. The Hall–Kier alpha value is -1.81. The number of anilines is 1. The van der Waals surface area contributed by atoms with Gasteiger partial charge in [-0.2, -0.15) is 0 Å². The van der Waals surface area contributed by atoms with E-state index in [1.165, 1.54) is 11.1 Å². The normalized spacial score (nSPS) is 20.0. The number of nitrogens with one attached hydrogen (secondary N) is 1. The lowest BCUT2D eigenvalue weighted by molar-refractivity contribution is 0.339. The summed E-state index contributed by atoms with van der Waals surface area (Å²) in [6, 6.07) is 8.13.